The molecule has 0 aromatic heterocycles. The topological polar surface area (TPSA) is 89.6 Å². The number of hydrogen-bond donors (Lipinski definition) is 2. The highest BCUT2D eigenvalue weighted by atomic mass is 16.5. The summed E-state index contributed by atoms with van der Waals surface area (Å²) in [5.41, 5.74) is 4.89. The largest absolute Gasteiger partial charge is 0.460 e. The highest BCUT2D eigenvalue weighted by Crippen LogP contribution is 1.89. The summed E-state index contributed by atoms with van der Waals surface area (Å²) < 4.78 is 4.46. The zero-order chi connectivity index (χ0) is 11.6. The second-order valence-corrected chi connectivity index (χ2v) is 2.25. The SMILES string of the molecule is C=C(C)C(=O)OCCO.C=CC(N)=O. The van der Waals surface area contributed by atoms with Gasteiger partial charge < -0.3 is 15.6 Å². The Morgan fingerprint density at radius 3 is 2.21 bits per heavy atom. The Morgan fingerprint density at radius 2 is 2.00 bits per heavy atom. The predicted molar refractivity (Wildman–Crippen MR) is 52.3 cm³/mol. The summed E-state index contributed by atoms with van der Waals surface area (Å²) in [6.45, 7) is 7.90. The Hall–Kier alpha value is -1.62. The average Bonchev–Trinajstić information content (AvgIpc) is 2.14. The van der Waals surface area contributed by atoms with Gasteiger partial charge in [-0.1, -0.05) is 13.2 Å². The van der Waals surface area contributed by atoms with Crippen LogP contribution in [0.15, 0.2) is 24.8 Å². The van der Waals surface area contributed by atoms with Crippen LogP contribution >= 0.6 is 0 Å². The Labute approximate surface area is 82.9 Å². The van der Waals surface area contributed by atoms with Gasteiger partial charge in [0.15, 0.2) is 0 Å². The maximum Gasteiger partial charge on any atom is 0.333 e. The van der Waals surface area contributed by atoms with Crippen molar-refractivity contribution in [1.29, 1.82) is 0 Å². The Kier molecular flexibility index (Phi) is 10.1. The zero-order valence-electron chi connectivity index (χ0n) is 8.16. The molecule has 0 radical (unpaired) electrons. The van der Waals surface area contributed by atoms with Crippen LogP contribution in [-0.4, -0.2) is 30.2 Å². The Bertz CT molecular complexity index is 223. The molecule has 80 valence electrons. The summed E-state index contributed by atoms with van der Waals surface area (Å²) in [7, 11) is 0. The summed E-state index contributed by atoms with van der Waals surface area (Å²) in [6, 6.07) is 0. The van der Waals surface area contributed by atoms with Crippen molar-refractivity contribution in [3.05, 3.63) is 24.8 Å². The molecule has 0 unspecified atom stereocenters. The molecule has 0 saturated heterocycles. The monoisotopic (exact) mass is 201 g/mol. The summed E-state index contributed by atoms with van der Waals surface area (Å²) >= 11 is 0. The van der Waals surface area contributed by atoms with Crippen LogP contribution in [-0.2, 0) is 14.3 Å². The first-order valence-corrected chi connectivity index (χ1v) is 3.81. The lowest BCUT2D eigenvalue weighted by atomic mass is 10.4. The molecular formula is C9H15NO4. The normalized spacial score (nSPS) is 7.86. The van der Waals surface area contributed by atoms with Crippen molar-refractivity contribution < 1.29 is 19.4 Å². The van der Waals surface area contributed by atoms with E-state index in [4.69, 9.17) is 5.11 Å². The van der Waals surface area contributed by atoms with Gasteiger partial charge in [-0.25, -0.2) is 4.79 Å². The van der Waals surface area contributed by atoms with E-state index in [1.165, 1.54) is 0 Å². The lowest BCUT2D eigenvalue weighted by Gasteiger charge is -1.99. The van der Waals surface area contributed by atoms with Crippen LogP contribution in [0.3, 0.4) is 0 Å². The smallest absolute Gasteiger partial charge is 0.333 e. The van der Waals surface area contributed by atoms with Gasteiger partial charge in [0, 0.05) is 5.57 Å². The van der Waals surface area contributed by atoms with Gasteiger partial charge in [-0.15, -0.1) is 0 Å². The molecule has 0 aromatic carbocycles. The third-order valence-corrected chi connectivity index (χ3v) is 0.874. The summed E-state index contributed by atoms with van der Waals surface area (Å²) in [5.74, 6) is -0.936. The zero-order valence-corrected chi connectivity index (χ0v) is 8.16. The number of esters is 1. The van der Waals surface area contributed by atoms with Crippen LogP contribution in [0.2, 0.25) is 0 Å². The molecule has 0 aliphatic heterocycles. The van der Waals surface area contributed by atoms with Crippen LogP contribution in [0, 0.1) is 0 Å². The molecule has 1 amide bonds. The van der Waals surface area contributed by atoms with E-state index in [-0.39, 0.29) is 13.2 Å². The third-order valence-electron chi connectivity index (χ3n) is 0.874. The molecule has 14 heavy (non-hydrogen) atoms. The number of primary amides is 1. The van der Waals surface area contributed by atoms with E-state index < -0.39 is 11.9 Å². The van der Waals surface area contributed by atoms with E-state index in [1.54, 1.807) is 6.92 Å². The number of nitrogens with two attached hydrogens (primary N) is 1. The van der Waals surface area contributed by atoms with Crippen molar-refractivity contribution in [2.45, 2.75) is 6.92 Å². The molecule has 3 N–H and O–H groups in total. The van der Waals surface area contributed by atoms with Crippen molar-refractivity contribution in [3.63, 3.8) is 0 Å². The van der Waals surface area contributed by atoms with Crippen LogP contribution in [0.1, 0.15) is 6.92 Å². The van der Waals surface area contributed by atoms with E-state index >= 15 is 0 Å². The number of amides is 1. The highest BCUT2D eigenvalue weighted by molar-refractivity contribution is 5.86. The van der Waals surface area contributed by atoms with Gasteiger partial charge in [-0.05, 0) is 13.0 Å². The van der Waals surface area contributed by atoms with Gasteiger partial charge in [0.05, 0.1) is 6.61 Å². The molecule has 0 spiro atoms. The lowest BCUT2D eigenvalue weighted by Crippen LogP contribution is -2.08. The fraction of sp³-hybridized carbons (Fsp3) is 0.333. The molecular weight excluding hydrogens is 186 g/mol. The average molecular weight is 201 g/mol. The van der Waals surface area contributed by atoms with Crippen molar-refractivity contribution in [3.8, 4) is 0 Å². The summed E-state index contributed by atoms with van der Waals surface area (Å²) in [5, 5.41) is 8.19. The predicted octanol–water partition coefficient (Wildman–Crippen LogP) is -0.244. The standard InChI is InChI=1S/C6H10O3.C3H5NO/c1-5(2)6(8)9-4-3-7;1-2-3(4)5/h7H,1,3-4H2,2H3;2H,1H2,(H2,4,5). The van der Waals surface area contributed by atoms with Crippen LogP contribution in [0.4, 0.5) is 0 Å². The maximum atomic E-state index is 10.5. The second kappa shape index (κ2) is 9.47. The van der Waals surface area contributed by atoms with Crippen molar-refractivity contribution in [2.24, 2.45) is 5.73 Å². The molecule has 0 rings (SSSR count). The molecule has 0 aromatic rings. The molecule has 0 fully saturated rings. The van der Waals surface area contributed by atoms with E-state index in [0.29, 0.717) is 5.57 Å². The Morgan fingerprint density at radius 1 is 1.57 bits per heavy atom. The lowest BCUT2D eigenvalue weighted by molar-refractivity contribution is -0.139. The Balaban J connectivity index is 0. The third kappa shape index (κ3) is 13.0. The van der Waals surface area contributed by atoms with E-state index in [1.807, 2.05) is 0 Å². The van der Waals surface area contributed by atoms with Crippen molar-refractivity contribution in [2.75, 3.05) is 13.2 Å². The first-order valence-electron chi connectivity index (χ1n) is 3.81. The first kappa shape index (κ1) is 14.9. The second-order valence-electron chi connectivity index (χ2n) is 2.25. The minimum Gasteiger partial charge on any atom is -0.460 e. The fourth-order valence-electron chi connectivity index (χ4n) is 0.262. The van der Waals surface area contributed by atoms with Crippen molar-refractivity contribution >= 4 is 11.9 Å². The van der Waals surface area contributed by atoms with Gasteiger partial charge in [0.1, 0.15) is 6.61 Å². The molecule has 5 nitrogen and oxygen atoms in total. The maximum absolute atomic E-state index is 10.5. The number of rotatable bonds is 4. The van der Waals surface area contributed by atoms with Gasteiger partial charge in [0.25, 0.3) is 0 Å². The van der Waals surface area contributed by atoms with Crippen LogP contribution in [0.5, 0.6) is 0 Å². The molecule has 0 heterocycles. The number of aliphatic hydroxyl groups is 1. The van der Waals surface area contributed by atoms with E-state index in [2.05, 4.69) is 23.6 Å². The number of hydrogen-bond acceptors (Lipinski definition) is 4. The number of ether oxygens (including phenoxy) is 1. The first-order chi connectivity index (χ1) is 6.45. The molecule has 0 aliphatic rings. The summed E-state index contributed by atoms with van der Waals surface area (Å²) in [6.07, 6.45) is 1.06. The number of aliphatic hydroxyl groups excluding tert-OH is 1. The van der Waals surface area contributed by atoms with Gasteiger partial charge >= 0.3 is 5.97 Å². The van der Waals surface area contributed by atoms with E-state index in [9.17, 15) is 9.59 Å². The van der Waals surface area contributed by atoms with Crippen LogP contribution < -0.4 is 5.73 Å². The highest BCUT2D eigenvalue weighted by Gasteiger charge is 1.99. The molecule has 5 heteroatoms. The minimum absolute atomic E-state index is 0.0473. The molecule has 0 bridgehead atoms. The number of carbonyl (C=O) groups excluding carboxylic acids is 2. The van der Waals surface area contributed by atoms with Crippen molar-refractivity contribution in [1.82, 2.24) is 0 Å². The van der Waals surface area contributed by atoms with Crippen LogP contribution in [0.25, 0.3) is 0 Å². The molecule has 0 saturated carbocycles. The quantitative estimate of drug-likeness (QED) is 0.485. The van der Waals surface area contributed by atoms with Gasteiger partial charge in [0.2, 0.25) is 5.91 Å². The minimum atomic E-state index is -0.481. The van der Waals surface area contributed by atoms with E-state index in [0.717, 1.165) is 6.08 Å². The molecule has 0 aliphatic carbocycles. The summed E-state index contributed by atoms with van der Waals surface area (Å²) in [4.78, 5) is 19.9. The van der Waals surface area contributed by atoms with Gasteiger partial charge in [-0.3, -0.25) is 4.79 Å². The fourth-order valence-corrected chi connectivity index (χ4v) is 0.262. The molecule has 0 atom stereocenters. The van der Waals surface area contributed by atoms with Gasteiger partial charge in [-0.2, -0.15) is 0 Å². The number of carbonyl (C=O) groups is 2.